The van der Waals surface area contributed by atoms with E-state index in [9.17, 15) is 8.42 Å². The summed E-state index contributed by atoms with van der Waals surface area (Å²) in [5, 5.41) is 4.01. The number of hydrogen-bond acceptors (Lipinski definition) is 4. The first-order chi connectivity index (χ1) is 8.89. The average Bonchev–Trinajstić information content (AvgIpc) is 2.75. The molecule has 0 aliphatic heterocycles. The van der Waals surface area contributed by atoms with Gasteiger partial charge in [-0.15, -0.1) is 0 Å². The number of benzene rings is 1. The van der Waals surface area contributed by atoms with Gasteiger partial charge in [0.1, 0.15) is 0 Å². The molecule has 2 rings (SSSR count). The Balaban J connectivity index is 2.21. The van der Waals surface area contributed by atoms with E-state index in [1.54, 1.807) is 43.3 Å². The minimum absolute atomic E-state index is 0.230. The van der Waals surface area contributed by atoms with Crippen molar-refractivity contribution in [2.24, 2.45) is 7.05 Å². The van der Waals surface area contributed by atoms with E-state index in [1.807, 2.05) is 0 Å². The van der Waals surface area contributed by atoms with Gasteiger partial charge in [0.15, 0.2) is 0 Å². The van der Waals surface area contributed by atoms with Gasteiger partial charge in [-0.05, 0) is 24.3 Å². The fourth-order valence-electron chi connectivity index (χ4n) is 1.72. The second-order valence-corrected chi connectivity index (χ2v) is 6.40. The lowest BCUT2D eigenvalue weighted by Crippen LogP contribution is -2.26. The third-order valence-electron chi connectivity index (χ3n) is 2.75. The molecule has 0 spiro atoms. The fraction of sp³-hybridized carbons (Fsp3) is 0.250. The van der Waals surface area contributed by atoms with Crippen LogP contribution in [0.3, 0.4) is 0 Å². The van der Waals surface area contributed by atoms with Crippen LogP contribution in [0.1, 0.15) is 5.56 Å². The molecule has 0 atom stereocenters. The maximum absolute atomic E-state index is 12.3. The predicted molar refractivity (Wildman–Crippen MR) is 72.7 cm³/mol. The van der Waals surface area contributed by atoms with Crippen LogP contribution in [0.25, 0.3) is 0 Å². The highest BCUT2D eigenvalue weighted by molar-refractivity contribution is 7.89. The smallest absolute Gasteiger partial charge is 0.243 e. The van der Waals surface area contributed by atoms with E-state index in [0.29, 0.717) is 5.69 Å². The van der Waals surface area contributed by atoms with Crippen LogP contribution in [-0.4, -0.2) is 29.6 Å². The molecular weight excluding hydrogens is 264 g/mol. The summed E-state index contributed by atoms with van der Waals surface area (Å²) in [6, 6.07) is 6.16. The van der Waals surface area contributed by atoms with Crippen LogP contribution in [0.5, 0.6) is 0 Å². The lowest BCUT2D eigenvalue weighted by atomic mass is 10.3. The number of sulfonamides is 1. The quantitative estimate of drug-likeness (QED) is 0.841. The summed E-state index contributed by atoms with van der Waals surface area (Å²) in [6.45, 7) is 0.278. The van der Waals surface area contributed by atoms with Crippen molar-refractivity contribution in [3.05, 3.63) is 42.2 Å². The van der Waals surface area contributed by atoms with Crippen molar-refractivity contribution in [2.75, 3.05) is 12.8 Å². The van der Waals surface area contributed by atoms with Crippen LogP contribution in [0.15, 0.2) is 41.6 Å². The van der Waals surface area contributed by atoms with Crippen molar-refractivity contribution < 1.29 is 8.42 Å². The Hall–Kier alpha value is -1.86. The van der Waals surface area contributed by atoms with Crippen LogP contribution in [-0.2, 0) is 23.6 Å². The summed E-state index contributed by atoms with van der Waals surface area (Å²) in [5.41, 5.74) is 6.93. The van der Waals surface area contributed by atoms with Crippen LogP contribution >= 0.6 is 0 Å². The number of hydrogen-bond donors (Lipinski definition) is 1. The zero-order valence-corrected chi connectivity index (χ0v) is 11.6. The molecule has 0 bridgehead atoms. The molecule has 0 aliphatic carbocycles. The van der Waals surface area contributed by atoms with Crippen molar-refractivity contribution in [3.63, 3.8) is 0 Å². The van der Waals surface area contributed by atoms with E-state index >= 15 is 0 Å². The molecule has 0 unspecified atom stereocenters. The largest absolute Gasteiger partial charge is 0.399 e. The number of aryl methyl sites for hydroxylation is 1. The van der Waals surface area contributed by atoms with E-state index in [1.165, 1.54) is 16.4 Å². The van der Waals surface area contributed by atoms with Crippen molar-refractivity contribution in [1.29, 1.82) is 0 Å². The number of nitrogens with two attached hydrogens (primary N) is 1. The second-order valence-electron chi connectivity index (χ2n) is 4.35. The van der Waals surface area contributed by atoms with Crippen molar-refractivity contribution in [2.45, 2.75) is 11.4 Å². The molecule has 6 nitrogen and oxygen atoms in total. The molecule has 0 amide bonds. The Morgan fingerprint density at radius 1 is 1.32 bits per heavy atom. The molecule has 19 heavy (non-hydrogen) atoms. The van der Waals surface area contributed by atoms with Gasteiger partial charge in [-0.1, -0.05) is 0 Å². The third kappa shape index (κ3) is 2.94. The molecular formula is C12H16N4O2S. The number of anilines is 1. The Morgan fingerprint density at radius 3 is 2.47 bits per heavy atom. The van der Waals surface area contributed by atoms with Gasteiger partial charge >= 0.3 is 0 Å². The summed E-state index contributed by atoms with van der Waals surface area (Å²) in [6.07, 6.45) is 3.43. The summed E-state index contributed by atoms with van der Waals surface area (Å²) in [5.74, 6) is 0. The zero-order chi connectivity index (χ0) is 14.0. The highest BCUT2D eigenvalue weighted by Gasteiger charge is 2.21. The van der Waals surface area contributed by atoms with E-state index in [4.69, 9.17) is 5.73 Å². The minimum Gasteiger partial charge on any atom is -0.399 e. The molecule has 0 saturated heterocycles. The minimum atomic E-state index is -3.50. The summed E-state index contributed by atoms with van der Waals surface area (Å²) in [4.78, 5) is 0.230. The molecule has 1 aromatic carbocycles. The van der Waals surface area contributed by atoms with Gasteiger partial charge in [-0.2, -0.15) is 9.40 Å². The van der Waals surface area contributed by atoms with Crippen LogP contribution in [0, 0.1) is 0 Å². The van der Waals surface area contributed by atoms with Gasteiger partial charge in [0.05, 0.1) is 11.1 Å². The van der Waals surface area contributed by atoms with E-state index < -0.39 is 10.0 Å². The number of nitrogen functional groups attached to an aromatic ring is 1. The molecule has 1 heterocycles. The lowest BCUT2D eigenvalue weighted by molar-refractivity contribution is 0.466. The fourth-order valence-corrected chi connectivity index (χ4v) is 2.87. The highest BCUT2D eigenvalue weighted by Crippen LogP contribution is 2.17. The molecule has 7 heteroatoms. The molecule has 0 aliphatic rings. The average molecular weight is 280 g/mol. The van der Waals surface area contributed by atoms with Crippen LogP contribution in [0.2, 0.25) is 0 Å². The topological polar surface area (TPSA) is 81.2 Å². The van der Waals surface area contributed by atoms with Crippen molar-refractivity contribution in [1.82, 2.24) is 14.1 Å². The first kappa shape index (κ1) is 13.6. The Bertz CT molecular complexity index is 661. The molecule has 1 aromatic heterocycles. The monoisotopic (exact) mass is 280 g/mol. The van der Waals surface area contributed by atoms with E-state index in [0.717, 1.165) is 5.56 Å². The molecule has 0 saturated carbocycles. The Morgan fingerprint density at radius 2 is 1.95 bits per heavy atom. The van der Waals surface area contributed by atoms with E-state index in [2.05, 4.69) is 5.10 Å². The van der Waals surface area contributed by atoms with Gasteiger partial charge in [0.25, 0.3) is 0 Å². The Labute approximate surface area is 112 Å². The maximum Gasteiger partial charge on any atom is 0.243 e. The highest BCUT2D eigenvalue weighted by atomic mass is 32.2. The Kier molecular flexibility index (Phi) is 3.59. The first-order valence-corrected chi connectivity index (χ1v) is 7.13. The normalized spacial score (nSPS) is 11.9. The maximum atomic E-state index is 12.3. The van der Waals surface area contributed by atoms with Gasteiger partial charge in [-0.3, -0.25) is 4.68 Å². The van der Waals surface area contributed by atoms with E-state index in [-0.39, 0.29) is 11.4 Å². The first-order valence-electron chi connectivity index (χ1n) is 5.69. The summed E-state index contributed by atoms with van der Waals surface area (Å²) < 4.78 is 27.6. The van der Waals surface area contributed by atoms with Gasteiger partial charge in [0.2, 0.25) is 10.0 Å². The molecule has 0 radical (unpaired) electrons. The van der Waals surface area contributed by atoms with Gasteiger partial charge in [0, 0.05) is 38.1 Å². The third-order valence-corrected chi connectivity index (χ3v) is 4.57. The molecule has 2 N–H and O–H groups in total. The predicted octanol–water partition coefficient (Wildman–Crippen LogP) is 0.823. The summed E-state index contributed by atoms with van der Waals surface area (Å²) >= 11 is 0. The summed E-state index contributed by atoms with van der Waals surface area (Å²) in [7, 11) is -0.174. The van der Waals surface area contributed by atoms with Gasteiger partial charge < -0.3 is 5.73 Å². The molecule has 102 valence electrons. The number of nitrogens with zero attached hydrogens (tertiary/aromatic N) is 3. The number of aromatic nitrogens is 2. The standard InChI is InChI=1S/C12H16N4O2S/c1-15-8-10(7-14-15)9-16(2)19(17,18)12-5-3-11(13)4-6-12/h3-8H,9,13H2,1-2H3. The molecule has 2 aromatic rings. The zero-order valence-electron chi connectivity index (χ0n) is 10.8. The van der Waals surface area contributed by atoms with Crippen LogP contribution in [0.4, 0.5) is 5.69 Å². The number of rotatable bonds is 4. The van der Waals surface area contributed by atoms with Gasteiger partial charge in [-0.25, -0.2) is 8.42 Å². The lowest BCUT2D eigenvalue weighted by Gasteiger charge is -2.16. The molecule has 0 fully saturated rings. The van der Waals surface area contributed by atoms with Crippen molar-refractivity contribution >= 4 is 15.7 Å². The second kappa shape index (κ2) is 5.02. The van der Waals surface area contributed by atoms with Crippen LogP contribution < -0.4 is 5.73 Å². The SMILES string of the molecule is CN(Cc1cnn(C)c1)S(=O)(=O)c1ccc(N)cc1. The van der Waals surface area contributed by atoms with Crippen molar-refractivity contribution in [3.8, 4) is 0 Å².